The quantitative estimate of drug-likeness (QED) is 0.807. The molecular weight excluding hydrogens is 225 g/mol. The van der Waals surface area contributed by atoms with E-state index >= 15 is 0 Å². The summed E-state index contributed by atoms with van der Waals surface area (Å²) in [5, 5.41) is 6.00. The maximum atomic E-state index is 13.1. The van der Waals surface area contributed by atoms with E-state index in [1.165, 1.54) is 6.07 Å². The Labute approximate surface area is 97.1 Å². The van der Waals surface area contributed by atoms with Gasteiger partial charge in [0.2, 0.25) is 0 Å². The second kappa shape index (κ2) is 4.49. The third-order valence-electron chi connectivity index (χ3n) is 2.15. The minimum absolute atomic E-state index is 0.149. The summed E-state index contributed by atoms with van der Waals surface area (Å²) in [6.07, 6.45) is 0. The maximum absolute atomic E-state index is 13.1. The van der Waals surface area contributed by atoms with Crippen LogP contribution < -0.4 is 11.1 Å². The fourth-order valence-corrected chi connectivity index (χ4v) is 2.06. The molecule has 0 unspecified atom stereocenters. The second-order valence-electron chi connectivity index (χ2n) is 3.44. The molecule has 2 aromatic rings. The van der Waals surface area contributed by atoms with Crippen molar-refractivity contribution < 1.29 is 4.39 Å². The minimum Gasteiger partial charge on any atom is -0.395 e. The highest BCUT2D eigenvalue weighted by molar-refractivity contribution is 7.09. The summed E-state index contributed by atoms with van der Waals surface area (Å²) in [5.74, 6) is -0.402. The molecule has 16 heavy (non-hydrogen) atoms. The molecule has 5 heteroatoms. The molecule has 1 heterocycles. The summed E-state index contributed by atoms with van der Waals surface area (Å²) in [6.45, 7) is 2.50. The monoisotopic (exact) mass is 237 g/mol. The highest BCUT2D eigenvalue weighted by Crippen LogP contribution is 2.22. The minimum atomic E-state index is -0.402. The largest absolute Gasteiger partial charge is 0.395 e. The number of nitrogens with one attached hydrogen (secondary N) is 1. The zero-order valence-corrected chi connectivity index (χ0v) is 9.64. The summed E-state index contributed by atoms with van der Waals surface area (Å²) < 4.78 is 13.1. The third-order valence-corrected chi connectivity index (χ3v) is 3.12. The van der Waals surface area contributed by atoms with Gasteiger partial charge in [0.1, 0.15) is 10.8 Å². The van der Waals surface area contributed by atoms with E-state index in [2.05, 4.69) is 10.3 Å². The molecule has 0 aliphatic heterocycles. The standard InChI is InChI=1S/C11H12FN3S/c1-7-6-16-10(15-7)5-14-9-4-2-3-8(12)11(9)13/h2-4,6,14H,5,13H2,1H3. The van der Waals surface area contributed by atoms with Crippen molar-refractivity contribution >= 4 is 22.7 Å². The molecule has 3 nitrogen and oxygen atoms in total. The van der Waals surface area contributed by atoms with Crippen molar-refractivity contribution in [3.05, 3.63) is 40.1 Å². The smallest absolute Gasteiger partial charge is 0.148 e. The van der Waals surface area contributed by atoms with Crippen LogP contribution in [0.2, 0.25) is 0 Å². The molecule has 0 spiro atoms. The average molecular weight is 237 g/mol. The molecule has 1 aromatic heterocycles. The second-order valence-corrected chi connectivity index (χ2v) is 4.38. The molecule has 0 saturated heterocycles. The lowest BCUT2D eigenvalue weighted by Gasteiger charge is -2.07. The van der Waals surface area contributed by atoms with Gasteiger partial charge >= 0.3 is 0 Å². The Morgan fingerprint density at radius 2 is 2.31 bits per heavy atom. The van der Waals surface area contributed by atoms with Gasteiger partial charge in [-0.3, -0.25) is 0 Å². The first-order valence-electron chi connectivity index (χ1n) is 4.85. The molecular formula is C11H12FN3S. The van der Waals surface area contributed by atoms with E-state index in [-0.39, 0.29) is 5.69 Å². The van der Waals surface area contributed by atoms with Gasteiger partial charge in [-0.05, 0) is 19.1 Å². The van der Waals surface area contributed by atoms with Gasteiger partial charge in [-0.15, -0.1) is 11.3 Å². The van der Waals surface area contributed by atoms with Crippen LogP contribution in [-0.4, -0.2) is 4.98 Å². The number of aromatic nitrogens is 1. The number of nitrogens with two attached hydrogens (primary N) is 1. The van der Waals surface area contributed by atoms with Crippen LogP contribution in [0.5, 0.6) is 0 Å². The van der Waals surface area contributed by atoms with Crippen LogP contribution in [0.1, 0.15) is 10.7 Å². The summed E-state index contributed by atoms with van der Waals surface area (Å²) in [7, 11) is 0. The van der Waals surface area contributed by atoms with E-state index in [1.54, 1.807) is 23.5 Å². The van der Waals surface area contributed by atoms with E-state index in [1.807, 2.05) is 12.3 Å². The fourth-order valence-electron chi connectivity index (χ4n) is 1.35. The Bertz CT molecular complexity index is 496. The topological polar surface area (TPSA) is 50.9 Å². The van der Waals surface area contributed by atoms with E-state index in [9.17, 15) is 4.39 Å². The Morgan fingerprint density at radius 3 is 3.00 bits per heavy atom. The van der Waals surface area contributed by atoms with Gasteiger partial charge in [0, 0.05) is 11.1 Å². The van der Waals surface area contributed by atoms with Gasteiger partial charge in [-0.2, -0.15) is 0 Å². The number of nitrogen functional groups attached to an aromatic ring is 1. The van der Waals surface area contributed by atoms with Crippen molar-refractivity contribution in [3.63, 3.8) is 0 Å². The Morgan fingerprint density at radius 1 is 1.50 bits per heavy atom. The van der Waals surface area contributed by atoms with Crippen molar-refractivity contribution in [2.24, 2.45) is 0 Å². The molecule has 0 saturated carbocycles. The first-order valence-corrected chi connectivity index (χ1v) is 5.73. The van der Waals surface area contributed by atoms with Gasteiger partial charge in [0.05, 0.1) is 17.9 Å². The van der Waals surface area contributed by atoms with Crippen LogP contribution in [0.25, 0.3) is 0 Å². The molecule has 3 N–H and O–H groups in total. The molecule has 0 fully saturated rings. The number of halogens is 1. The molecule has 0 aliphatic rings. The van der Waals surface area contributed by atoms with Crippen LogP contribution in [0.3, 0.4) is 0 Å². The Hall–Kier alpha value is -1.62. The highest BCUT2D eigenvalue weighted by atomic mass is 32.1. The summed E-state index contributed by atoms with van der Waals surface area (Å²) in [5.41, 5.74) is 7.35. The fraction of sp³-hybridized carbons (Fsp3) is 0.182. The Kier molecular flexibility index (Phi) is 3.05. The summed E-state index contributed by atoms with van der Waals surface area (Å²) in [6, 6.07) is 4.72. The third kappa shape index (κ3) is 2.30. The van der Waals surface area contributed by atoms with Crippen LogP contribution in [0, 0.1) is 12.7 Å². The number of hydrogen-bond acceptors (Lipinski definition) is 4. The SMILES string of the molecule is Cc1csc(CNc2cccc(F)c2N)n1. The number of hydrogen-bond donors (Lipinski definition) is 2. The molecule has 0 amide bonds. The van der Waals surface area contributed by atoms with Crippen LogP contribution in [0.4, 0.5) is 15.8 Å². The molecule has 0 atom stereocenters. The number of benzene rings is 1. The first kappa shape index (κ1) is 10.9. The number of anilines is 2. The molecule has 84 valence electrons. The molecule has 2 rings (SSSR count). The van der Waals surface area contributed by atoms with Crippen LogP contribution >= 0.6 is 11.3 Å². The van der Waals surface area contributed by atoms with Crippen molar-refractivity contribution in [1.29, 1.82) is 0 Å². The summed E-state index contributed by atoms with van der Waals surface area (Å²) >= 11 is 1.57. The van der Waals surface area contributed by atoms with E-state index in [0.717, 1.165) is 10.7 Å². The average Bonchev–Trinajstić information content (AvgIpc) is 2.67. The predicted molar refractivity (Wildman–Crippen MR) is 65.0 cm³/mol. The summed E-state index contributed by atoms with van der Waals surface area (Å²) in [4.78, 5) is 4.30. The van der Waals surface area contributed by atoms with Crippen LogP contribution in [-0.2, 0) is 6.54 Å². The van der Waals surface area contributed by atoms with Crippen molar-refractivity contribution in [1.82, 2.24) is 4.98 Å². The van der Waals surface area contributed by atoms with Crippen molar-refractivity contribution in [2.45, 2.75) is 13.5 Å². The first-order chi connectivity index (χ1) is 7.66. The lowest BCUT2D eigenvalue weighted by Crippen LogP contribution is -2.03. The maximum Gasteiger partial charge on any atom is 0.148 e. The number of rotatable bonds is 3. The van der Waals surface area contributed by atoms with Crippen LogP contribution in [0.15, 0.2) is 23.6 Å². The molecule has 1 aromatic carbocycles. The van der Waals surface area contributed by atoms with E-state index < -0.39 is 5.82 Å². The molecule has 0 aliphatic carbocycles. The zero-order valence-electron chi connectivity index (χ0n) is 8.83. The normalized spacial score (nSPS) is 10.4. The Balaban J connectivity index is 2.07. The number of aryl methyl sites for hydroxylation is 1. The lowest BCUT2D eigenvalue weighted by atomic mass is 10.2. The number of thiazole rings is 1. The van der Waals surface area contributed by atoms with Gasteiger partial charge in [0.25, 0.3) is 0 Å². The lowest BCUT2D eigenvalue weighted by molar-refractivity contribution is 0.633. The number of para-hydroxylation sites is 1. The van der Waals surface area contributed by atoms with Gasteiger partial charge in [0.15, 0.2) is 0 Å². The van der Waals surface area contributed by atoms with Gasteiger partial charge < -0.3 is 11.1 Å². The predicted octanol–water partition coefficient (Wildman–Crippen LogP) is 2.78. The van der Waals surface area contributed by atoms with Crippen molar-refractivity contribution in [2.75, 3.05) is 11.1 Å². The van der Waals surface area contributed by atoms with E-state index in [4.69, 9.17) is 5.73 Å². The zero-order chi connectivity index (χ0) is 11.5. The van der Waals surface area contributed by atoms with E-state index in [0.29, 0.717) is 12.2 Å². The van der Waals surface area contributed by atoms with Crippen molar-refractivity contribution in [3.8, 4) is 0 Å². The highest BCUT2D eigenvalue weighted by Gasteiger charge is 2.04. The van der Waals surface area contributed by atoms with Gasteiger partial charge in [-0.25, -0.2) is 9.37 Å². The number of nitrogens with zero attached hydrogens (tertiary/aromatic N) is 1. The molecule has 0 bridgehead atoms. The van der Waals surface area contributed by atoms with Gasteiger partial charge in [-0.1, -0.05) is 6.07 Å². The molecule has 0 radical (unpaired) electrons.